The largest absolute Gasteiger partial charge is 0.449 e. The van der Waals surface area contributed by atoms with Crippen molar-refractivity contribution >= 4 is 29.1 Å². The van der Waals surface area contributed by atoms with E-state index in [-0.39, 0.29) is 28.4 Å². The summed E-state index contributed by atoms with van der Waals surface area (Å²) in [6.45, 7) is 0. The first-order chi connectivity index (χ1) is 12.3. The van der Waals surface area contributed by atoms with E-state index in [1.807, 2.05) is 0 Å². The molecule has 2 N–H and O–H groups in total. The summed E-state index contributed by atoms with van der Waals surface area (Å²) in [4.78, 5) is 22.6. The Balaban J connectivity index is 2.54. The molecule has 2 rings (SSSR count). The number of nitrogens with zero attached hydrogens (tertiary/aromatic N) is 2. The molecule has 0 fully saturated rings. The molecule has 0 bridgehead atoms. The lowest BCUT2D eigenvalue weighted by Crippen LogP contribution is -2.13. The number of allylic oxidation sites excluding steroid dienone is 1. The molecule has 7 nitrogen and oxygen atoms in total. The van der Waals surface area contributed by atoms with Crippen molar-refractivity contribution in [2.45, 2.75) is 0 Å². The number of rotatable bonds is 6. The molecule has 2 aromatic rings. The lowest BCUT2D eigenvalue weighted by Gasteiger charge is -2.17. The van der Waals surface area contributed by atoms with Crippen LogP contribution in [0.3, 0.4) is 0 Å². The number of halogens is 2. The van der Waals surface area contributed by atoms with Crippen LogP contribution < -0.4 is 15.4 Å². The molecule has 0 aliphatic rings. The first-order valence-electron chi connectivity index (χ1n) is 7.29. The van der Waals surface area contributed by atoms with E-state index in [9.17, 15) is 23.7 Å². The zero-order valence-corrected chi connectivity index (χ0v) is 13.9. The summed E-state index contributed by atoms with van der Waals surface area (Å²) in [6, 6.07) is 5.90. The Bertz CT molecular complexity index is 875. The number of nitro benzene ring substituents is 1. The third-order valence-corrected chi connectivity index (χ3v) is 3.40. The number of hydrogen-bond acceptors (Lipinski definition) is 6. The van der Waals surface area contributed by atoms with Crippen molar-refractivity contribution in [3.05, 3.63) is 63.7 Å². The lowest BCUT2D eigenvalue weighted by molar-refractivity contribution is -0.384. The van der Waals surface area contributed by atoms with E-state index < -0.39 is 22.2 Å². The second kappa shape index (κ2) is 7.60. The number of nitrogens with two attached hydrogens (primary N) is 1. The molecule has 0 aliphatic heterocycles. The van der Waals surface area contributed by atoms with Crippen LogP contribution in [-0.4, -0.2) is 25.3 Å². The Morgan fingerprint density at radius 1 is 1.27 bits per heavy atom. The van der Waals surface area contributed by atoms with Gasteiger partial charge < -0.3 is 15.4 Å². The molecule has 9 heteroatoms. The van der Waals surface area contributed by atoms with E-state index in [0.29, 0.717) is 6.29 Å². The number of benzene rings is 2. The van der Waals surface area contributed by atoms with Crippen molar-refractivity contribution in [3.8, 4) is 5.75 Å². The minimum absolute atomic E-state index is 0.102. The van der Waals surface area contributed by atoms with E-state index in [0.717, 1.165) is 18.2 Å². The maximum Gasteiger partial charge on any atom is 0.334 e. The SMILES string of the molecule is CN(C)c1c(F)cc(/C(=C/C=O)Oc2cccc(N)c2[N+](=O)[O-])cc1F. The third kappa shape index (κ3) is 3.77. The number of aldehydes is 1. The highest BCUT2D eigenvalue weighted by molar-refractivity contribution is 5.81. The first-order valence-corrected chi connectivity index (χ1v) is 7.29. The van der Waals surface area contributed by atoms with Gasteiger partial charge >= 0.3 is 5.69 Å². The highest BCUT2D eigenvalue weighted by atomic mass is 19.1. The molecule has 0 amide bonds. The topological polar surface area (TPSA) is 98.7 Å². The van der Waals surface area contributed by atoms with Crippen molar-refractivity contribution in [1.29, 1.82) is 0 Å². The number of ether oxygens (including phenoxy) is 1. The van der Waals surface area contributed by atoms with Crippen molar-refractivity contribution in [2.75, 3.05) is 24.7 Å². The summed E-state index contributed by atoms with van der Waals surface area (Å²) in [7, 11) is 2.94. The second-order valence-electron chi connectivity index (χ2n) is 5.40. The highest BCUT2D eigenvalue weighted by Gasteiger charge is 2.22. The maximum atomic E-state index is 14.2. The Kier molecular flexibility index (Phi) is 5.51. The van der Waals surface area contributed by atoms with Crippen LogP contribution in [0.4, 0.5) is 25.8 Å². The number of nitro groups is 1. The van der Waals surface area contributed by atoms with Gasteiger partial charge in [0.2, 0.25) is 5.75 Å². The molecule has 0 atom stereocenters. The van der Waals surface area contributed by atoms with Crippen LogP contribution in [0.1, 0.15) is 5.56 Å². The van der Waals surface area contributed by atoms with E-state index in [1.165, 1.54) is 37.2 Å². The van der Waals surface area contributed by atoms with Crippen LogP contribution in [0, 0.1) is 21.7 Å². The normalized spacial score (nSPS) is 11.2. The van der Waals surface area contributed by atoms with Gasteiger partial charge in [-0.05, 0) is 24.3 Å². The summed E-state index contributed by atoms with van der Waals surface area (Å²) >= 11 is 0. The number of carbonyl (C=O) groups is 1. The van der Waals surface area contributed by atoms with Gasteiger partial charge in [-0.3, -0.25) is 14.9 Å². The summed E-state index contributed by atoms with van der Waals surface area (Å²) in [6.07, 6.45) is 1.24. The number of nitrogen functional groups attached to an aromatic ring is 1. The number of anilines is 2. The molecule has 0 heterocycles. The van der Waals surface area contributed by atoms with Crippen LogP contribution in [0.25, 0.3) is 5.76 Å². The van der Waals surface area contributed by atoms with Gasteiger partial charge in [0.15, 0.2) is 0 Å². The first kappa shape index (κ1) is 18.8. The summed E-state index contributed by atoms with van der Waals surface area (Å²) < 4.78 is 33.8. The molecule has 0 saturated carbocycles. The van der Waals surface area contributed by atoms with Gasteiger partial charge in [-0.15, -0.1) is 0 Å². The van der Waals surface area contributed by atoms with Gasteiger partial charge in [0, 0.05) is 25.7 Å². The van der Waals surface area contributed by atoms with Crippen molar-refractivity contribution in [3.63, 3.8) is 0 Å². The average molecular weight is 363 g/mol. The summed E-state index contributed by atoms with van der Waals surface area (Å²) in [5.41, 5.74) is 4.53. The minimum Gasteiger partial charge on any atom is -0.449 e. The predicted octanol–water partition coefficient (Wildman–Crippen LogP) is 3.14. The molecular weight excluding hydrogens is 348 g/mol. The Morgan fingerprint density at radius 3 is 2.38 bits per heavy atom. The van der Waals surface area contributed by atoms with Gasteiger partial charge in [0.1, 0.15) is 35.1 Å². The van der Waals surface area contributed by atoms with E-state index in [4.69, 9.17) is 10.5 Å². The van der Waals surface area contributed by atoms with E-state index >= 15 is 0 Å². The zero-order valence-electron chi connectivity index (χ0n) is 13.9. The van der Waals surface area contributed by atoms with Crippen LogP contribution in [0.15, 0.2) is 36.4 Å². The second-order valence-corrected chi connectivity index (χ2v) is 5.40. The maximum absolute atomic E-state index is 14.2. The van der Waals surface area contributed by atoms with Crippen LogP contribution in [0.2, 0.25) is 0 Å². The fraction of sp³-hybridized carbons (Fsp3) is 0.118. The smallest absolute Gasteiger partial charge is 0.334 e. The molecule has 2 aromatic carbocycles. The highest BCUT2D eigenvalue weighted by Crippen LogP contribution is 2.36. The summed E-state index contributed by atoms with van der Waals surface area (Å²) in [5, 5.41) is 11.2. The minimum atomic E-state index is -0.882. The van der Waals surface area contributed by atoms with Crippen molar-refractivity contribution < 1.29 is 23.2 Å². The molecule has 0 radical (unpaired) electrons. The molecule has 0 saturated heterocycles. The summed E-state index contributed by atoms with van der Waals surface area (Å²) in [5.74, 6) is -2.29. The standard InChI is InChI=1S/C17H15F2N3O4/c1-21(2)16-11(18)8-10(9-12(16)19)14(6-7-23)26-15-5-3-4-13(20)17(15)22(24)25/h3-9H,20H2,1-2H3/b14-6-. The Morgan fingerprint density at radius 2 is 1.88 bits per heavy atom. The van der Waals surface area contributed by atoms with Crippen LogP contribution in [0.5, 0.6) is 5.75 Å². The molecule has 0 spiro atoms. The van der Waals surface area contributed by atoms with Gasteiger partial charge in [-0.25, -0.2) is 8.78 Å². The number of para-hydroxylation sites is 1. The van der Waals surface area contributed by atoms with Crippen LogP contribution >= 0.6 is 0 Å². The predicted molar refractivity (Wildman–Crippen MR) is 92.9 cm³/mol. The zero-order chi connectivity index (χ0) is 19.4. The quantitative estimate of drug-likeness (QED) is 0.211. The van der Waals surface area contributed by atoms with Gasteiger partial charge in [0.25, 0.3) is 0 Å². The fourth-order valence-corrected chi connectivity index (χ4v) is 2.32. The fourth-order valence-electron chi connectivity index (χ4n) is 2.32. The lowest BCUT2D eigenvalue weighted by atomic mass is 10.1. The van der Waals surface area contributed by atoms with Gasteiger partial charge in [-0.1, -0.05) is 6.07 Å². The molecule has 26 heavy (non-hydrogen) atoms. The molecule has 0 unspecified atom stereocenters. The van der Waals surface area contributed by atoms with Crippen molar-refractivity contribution in [2.24, 2.45) is 0 Å². The third-order valence-electron chi connectivity index (χ3n) is 3.40. The van der Waals surface area contributed by atoms with Crippen LogP contribution in [-0.2, 0) is 4.79 Å². The van der Waals surface area contributed by atoms with Gasteiger partial charge in [-0.2, -0.15) is 0 Å². The number of carbonyl (C=O) groups excluding carboxylic acids is 1. The van der Waals surface area contributed by atoms with Crippen molar-refractivity contribution in [1.82, 2.24) is 0 Å². The van der Waals surface area contributed by atoms with E-state index in [1.54, 1.807) is 0 Å². The molecule has 0 aromatic heterocycles. The van der Waals surface area contributed by atoms with E-state index in [2.05, 4.69) is 0 Å². The molecule has 136 valence electrons. The van der Waals surface area contributed by atoms with Gasteiger partial charge in [0.05, 0.1) is 4.92 Å². The molecular formula is C17H15F2N3O4. The number of hydrogen-bond donors (Lipinski definition) is 1. The average Bonchev–Trinajstić information content (AvgIpc) is 2.53. The Hall–Kier alpha value is -3.49. The molecule has 0 aliphatic carbocycles. The monoisotopic (exact) mass is 363 g/mol. The Labute approximate surface area is 147 Å².